The fourth-order valence-corrected chi connectivity index (χ4v) is 5.31. The molecule has 0 amide bonds. The lowest BCUT2D eigenvalue weighted by Gasteiger charge is -2.15. The van der Waals surface area contributed by atoms with Gasteiger partial charge in [-0.05, 0) is 78.6 Å². The number of halogens is 1. The lowest BCUT2D eigenvalue weighted by molar-refractivity contribution is 0.296. The van der Waals surface area contributed by atoms with Gasteiger partial charge in [0.1, 0.15) is 17.3 Å². The number of fused-ring (bicyclic) bond motifs is 1. The molecule has 5 rings (SSSR count). The number of nitrogens with zero attached hydrogens (tertiary/aromatic N) is 2. The predicted octanol–water partition coefficient (Wildman–Crippen LogP) is 6.88. The fourth-order valence-electron chi connectivity index (χ4n) is 4.06. The smallest absolute Gasteiger partial charge is 0.165 e. The molecule has 0 saturated heterocycles. The summed E-state index contributed by atoms with van der Waals surface area (Å²) in [7, 11) is 1.65. The summed E-state index contributed by atoms with van der Waals surface area (Å²) in [4.78, 5) is 0.954. The van der Waals surface area contributed by atoms with E-state index >= 15 is 0 Å². The minimum atomic E-state index is -0.252. The molecule has 0 saturated carbocycles. The summed E-state index contributed by atoms with van der Waals surface area (Å²) in [6, 6.07) is 18.7. The molecule has 0 unspecified atom stereocenters. The van der Waals surface area contributed by atoms with E-state index in [1.54, 1.807) is 24.5 Å². The maximum absolute atomic E-state index is 13.8. The lowest BCUT2D eigenvalue weighted by Crippen LogP contribution is -2.40. The normalized spacial score (nSPS) is 13.3. The topological polar surface area (TPSA) is 58.1 Å². The maximum atomic E-state index is 13.8. The van der Waals surface area contributed by atoms with Crippen LogP contribution in [-0.2, 0) is 0 Å². The van der Waals surface area contributed by atoms with Gasteiger partial charge >= 0.3 is 0 Å². The Balaban J connectivity index is 1.45. The monoisotopic (exact) mass is 502 g/mol. The van der Waals surface area contributed by atoms with Crippen LogP contribution in [0, 0.1) is 12.7 Å². The molecule has 0 bridgehead atoms. The summed E-state index contributed by atoms with van der Waals surface area (Å²) in [6.07, 6.45) is 4.99. The van der Waals surface area contributed by atoms with Crippen LogP contribution in [0.15, 0.2) is 71.8 Å². The average Bonchev–Trinajstić information content (AvgIpc) is 3.47. The van der Waals surface area contributed by atoms with E-state index < -0.39 is 0 Å². The van der Waals surface area contributed by atoms with Crippen LogP contribution < -0.4 is 20.5 Å². The van der Waals surface area contributed by atoms with E-state index in [2.05, 4.69) is 23.1 Å². The zero-order chi connectivity index (χ0) is 25.1. The van der Waals surface area contributed by atoms with Crippen molar-refractivity contribution in [3.63, 3.8) is 0 Å². The Kier molecular flexibility index (Phi) is 6.88. The summed E-state index contributed by atoms with van der Waals surface area (Å²) >= 11 is 1.61. The van der Waals surface area contributed by atoms with Crippen molar-refractivity contribution in [1.29, 1.82) is 0 Å². The Hall–Kier alpha value is -3.88. The summed E-state index contributed by atoms with van der Waals surface area (Å²) in [5, 5.41) is 7.20. The lowest BCUT2D eigenvalue weighted by atomic mass is 10.1. The highest BCUT2D eigenvalue weighted by Gasteiger charge is 2.19. The molecule has 0 fully saturated rings. The number of ether oxygens (including phenoxy) is 2. The minimum Gasteiger partial charge on any atom is -0.497 e. The first-order valence-electron chi connectivity index (χ1n) is 11.7. The van der Waals surface area contributed by atoms with E-state index in [1.807, 2.05) is 72.6 Å². The molecule has 0 radical (unpaired) electrons. The molecule has 8 heteroatoms. The Bertz CT molecular complexity index is 1450. The SMILES string of the molecule is CCCN1NNN=C1/C=C/c1ccc(Oc2c(-c3ccc(F)cc3C)sc3cc(OC)ccc23)cc1. The fraction of sp³-hybridized carbons (Fsp3) is 0.179. The molecule has 2 N–H and O–H groups in total. The van der Waals surface area contributed by atoms with Crippen LogP contribution in [0.3, 0.4) is 0 Å². The van der Waals surface area contributed by atoms with Gasteiger partial charge in [0.2, 0.25) is 0 Å². The summed E-state index contributed by atoms with van der Waals surface area (Å²) < 4.78 is 26.7. The van der Waals surface area contributed by atoms with Gasteiger partial charge < -0.3 is 9.47 Å². The number of aryl methyl sites for hydroxylation is 1. The second kappa shape index (κ2) is 10.4. The second-order valence-corrected chi connectivity index (χ2v) is 9.48. The third kappa shape index (κ3) is 4.91. The summed E-state index contributed by atoms with van der Waals surface area (Å²) in [5.41, 5.74) is 8.63. The quantitative estimate of drug-likeness (QED) is 0.275. The number of thiophene rings is 1. The number of benzene rings is 3. The van der Waals surface area contributed by atoms with Crippen molar-refractivity contribution in [3.8, 4) is 27.7 Å². The van der Waals surface area contributed by atoms with Gasteiger partial charge in [-0.2, -0.15) is 0 Å². The van der Waals surface area contributed by atoms with Gasteiger partial charge in [0.25, 0.3) is 0 Å². The summed E-state index contributed by atoms with van der Waals surface area (Å²) in [5.74, 6) is 2.83. The molecule has 6 nitrogen and oxygen atoms in total. The van der Waals surface area contributed by atoms with Crippen LogP contribution >= 0.6 is 11.3 Å². The van der Waals surface area contributed by atoms with Gasteiger partial charge in [0.05, 0.1) is 12.0 Å². The highest BCUT2D eigenvalue weighted by molar-refractivity contribution is 7.22. The zero-order valence-electron chi connectivity index (χ0n) is 20.3. The number of amidine groups is 1. The molecule has 0 atom stereocenters. The molecule has 1 aliphatic rings. The standard InChI is InChI=1S/C28H27FN4O2S/c1-4-15-33-26(30-31-32-33)14-7-19-5-9-21(10-6-19)35-27-24-13-11-22(34-3)17-25(24)36-28(27)23-12-8-20(29)16-18(23)2/h5-14,16-17,31-32H,4,15H2,1-3H3/b14-7+. The molecule has 0 aliphatic carbocycles. The number of methoxy groups -OCH3 is 1. The van der Waals surface area contributed by atoms with Crippen LogP contribution in [0.1, 0.15) is 24.5 Å². The Morgan fingerprint density at radius 2 is 1.83 bits per heavy atom. The van der Waals surface area contributed by atoms with Crippen LogP contribution in [0.5, 0.6) is 17.2 Å². The van der Waals surface area contributed by atoms with Crippen molar-refractivity contribution in [1.82, 2.24) is 16.1 Å². The Morgan fingerprint density at radius 3 is 2.58 bits per heavy atom. The van der Waals surface area contributed by atoms with E-state index in [0.29, 0.717) is 0 Å². The maximum Gasteiger partial charge on any atom is 0.165 e. The van der Waals surface area contributed by atoms with E-state index in [-0.39, 0.29) is 5.82 Å². The Labute approximate surface area is 213 Å². The molecular weight excluding hydrogens is 475 g/mol. The zero-order valence-corrected chi connectivity index (χ0v) is 21.2. The molecule has 1 aliphatic heterocycles. The molecular formula is C28H27FN4O2S. The largest absolute Gasteiger partial charge is 0.497 e. The third-order valence-electron chi connectivity index (χ3n) is 5.89. The Morgan fingerprint density at radius 1 is 1.03 bits per heavy atom. The average molecular weight is 503 g/mol. The molecule has 36 heavy (non-hydrogen) atoms. The number of hydrogen-bond acceptors (Lipinski definition) is 7. The van der Waals surface area contributed by atoms with Gasteiger partial charge in [-0.1, -0.05) is 31.2 Å². The van der Waals surface area contributed by atoms with Crippen LogP contribution in [0.2, 0.25) is 0 Å². The van der Waals surface area contributed by atoms with Crippen molar-refractivity contribution in [2.24, 2.45) is 5.10 Å². The minimum absolute atomic E-state index is 0.252. The highest BCUT2D eigenvalue weighted by Crippen LogP contribution is 2.48. The predicted molar refractivity (Wildman–Crippen MR) is 145 cm³/mol. The van der Waals surface area contributed by atoms with Crippen LogP contribution in [-0.4, -0.2) is 24.5 Å². The van der Waals surface area contributed by atoms with Crippen molar-refractivity contribution >= 4 is 33.3 Å². The third-order valence-corrected chi connectivity index (χ3v) is 7.06. The number of hydrazone groups is 1. The molecule has 2 heterocycles. The molecule has 3 aromatic carbocycles. The van der Waals surface area contributed by atoms with E-state index in [0.717, 1.165) is 67.7 Å². The van der Waals surface area contributed by atoms with Crippen LogP contribution in [0.25, 0.3) is 26.6 Å². The van der Waals surface area contributed by atoms with Crippen molar-refractivity contribution in [2.75, 3.05) is 13.7 Å². The van der Waals surface area contributed by atoms with Crippen molar-refractivity contribution in [3.05, 3.63) is 83.7 Å². The van der Waals surface area contributed by atoms with Crippen molar-refractivity contribution < 1.29 is 13.9 Å². The van der Waals surface area contributed by atoms with Gasteiger partial charge in [0.15, 0.2) is 11.6 Å². The first kappa shape index (κ1) is 23.8. The first-order valence-corrected chi connectivity index (χ1v) is 12.6. The van der Waals surface area contributed by atoms with Crippen molar-refractivity contribution in [2.45, 2.75) is 20.3 Å². The van der Waals surface area contributed by atoms with Gasteiger partial charge in [0, 0.05) is 16.6 Å². The van der Waals surface area contributed by atoms with E-state index in [9.17, 15) is 4.39 Å². The first-order chi connectivity index (χ1) is 17.6. The van der Waals surface area contributed by atoms with Gasteiger partial charge in [-0.3, -0.25) is 5.01 Å². The summed E-state index contributed by atoms with van der Waals surface area (Å²) in [6.45, 7) is 4.89. The molecule has 184 valence electrons. The number of hydrazine groups is 2. The highest BCUT2D eigenvalue weighted by atomic mass is 32.1. The van der Waals surface area contributed by atoms with E-state index in [1.165, 1.54) is 6.07 Å². The van der Waals surface area contributed by atoms with Crippen LogP contribution in [0.4, 0.5) is 4.39 Å². The van der Waals surface area contributed by atoms with Gasteiger partial charge in [-0.25, -0.2) is 9.93 Å². The number of hydrogen-bond donors (Lipinski definition) is 2. The molecule has 0 spiro atoms. The second-order valence-electron chi connectivity index (χ2n) is 8.43. The van der Waals surface area contributed by atoms with E-state index in [4.69, 9.17) is 9.47 Å². The number of nitrogens with one attached hydrogen (secondary N) is 2. The van der Waals surface area contributed by atoms with Gasteiger partial charge in [-0.15, -0.1) is 22.0 Å². The molecule has 4 aromatic rings. The molecule has 1 aromatic heterocycles. The number of rotatable bonds is 8.